The Labute approximate surface area is 85.5 Å². The monoisotopic (exact) mass is 194 g/mol. The van der Waals surface area contributed by atoms with Gasteiger partial charge in [-0.2, -0.15) is 0 Å². The van der Waals surface area contributed by atoms with E-state index in [1.165, 1.54) is 0 Å². The predicted octanol–water partition coefficient (Wildman–Crippen LogP) is 2.32. The minimum atomic E-state index is -0.983. The summed E-state index contributed by atoms with van der Waals surface area (Å²) in [6.45, 7) is 5.52. The second-order valence-corrected chi connectivity index (χ2v) is 4.15. The fraction of sp³-hybridized carbons (Fsp3) is 0.500. The van der Waals surface area contributed by atoms with Crippen LogP contribution in [0.3, 0.4) is 0 Å². The Morgan fingerprint density at radius 3 is 2.00 bits per heavy atom. The van der Waals surface area contributed by atoms with Gasteiger partial charge in [-0.3, -0.25) is 0 Å². The molecule has 2 heteroatoms. The molecule has 0 bridgehead atoms. The number of rotatable bonds is 3. The summed E-state index contributed by atoms with van der Waals surface area (Å²) >= 11 is 0. The summed E-state index contributed by atoms with van der Waals surface area (Å²) in [4.78, 5) is 0. The number of benzene rings is 1. The first kappa shape index (κ1) is 11.2. The number of hydrogen-bond acceptors (Lipinski definition) is 2. The van der Waals surface area contributed by atoms with Crippen molar-refractivity contribution in [3.05, 3.63) is 35.9 Å². The van der Waals surface area contributed by atoms with Crippen molar-refractivity contribution in [3.8, 4) is 0 Å². The van der Waals surface area contributed by atoms with Crippen LogP contribution in [0.15, 0.2) is 30.3 Å². The number of aliphatic hydroxyl groups is 1. The van der Waals surface area contributed by atoms with Gasteiger partial charge in [0.25, 0.3) is 0 Å². The lowest BCUT2D eigenvalue weighted by Crippen LogP contribution is -2.46. The summed E-state index contributed by atoms with van der Waals surface area (Å²) in [5, 5.41) is 10.4. The Kier molecular flexibility index (Phi) is 2.98. The molecular formula is C12H18O2. The molecule has 1 rings (SSSR count). The Balaban J connectivity index is 3.08. The molecule has 0 amide bonds. The average molecular weight is 194 g/mol. The van der Waals surface area contributed by atoms with Crippen LogP contribution >= 0.6 is 0 Å². The molecule has 1 aromatic carbocycles. The Morgan fingerprint density at radius 2 is 1.57 bits per heavy atom. The maximum Gasteiger partial charge on any atom is 0.115 e. The summed E-state index contributed by atoms with van der Waals surface area (Å²) in [6.07, 6.45) is 0. The van der Waals surface area contributed by atoms with E-state index in [4.69, 9.17) is 4.74 Å². The van der Waals surface area contributed by atoms with E-state index in [9.17, 15) is 5.11 Å². The molecule has 0 radical (unpaired) electrons. The van der Waals surface area contributed by atoms with Crippen molar-refractivity contribution in [1.82, 2.24) is 0 Å². The molecule has 1 atom stereocenters. The molecule has 14 heavy (non-hydrogen) atoms. The molecule has 1 N–H and O–H groups in total. The van der Waals surface area contributed by atoms with Gasteiger partial charge < -0.3 is 9.84 Å². The van der Waals surface area contributed by atoms with Gasteiger partial charge in [0.2, 0.25) is 0 Å². The van der Waals surface area contributed by atoms with E-state index in [-0.39, 0.29) is 0 Å². The van der Waals surface area contributed by atoms with Gasteiger partial charge in [-0.05, 0) is 26.3 Å². The second kappa shape index (κ2) is 3.71. The normalized spacial score (nSPS) is 16.4. The summed E-state index contributed by atoms with van der Waals surface area (Å²) < 4.78 is 5.31. The zero-order chi connectivity index (χ0) is 10.8. The SMILES string of the molecule is COC(C)(C)C(C)(O)c1ccccc1. The predicted molar refractivity (Wildman–Crippen MR) is 57.1 cm³/mol. The molecule has 0 saturated heterocycles. The van der Waals surface area contributed by atoms with E-state index in [2.05, 4.69) is 0 Å². The third kappa shape index (κ3) is 1.81. The minimum absolute atomic E-state index is 0.603. The van der Waals surface area contributed by atoms with Crippen molar-refractivity contribution >= 4 is 0 Å². The van der Waals surface area contributed by atoms with Crippen LogP contribution in [0, 0.1) is 0 Å². The highest BCUT2D eigenvalue weighted by molar-refractivity contribution is 5.24. The summed E-state index contributed by atoms with van der Waals surface area (Å²) in [5.74, 6) is 0. The molecule has 1 aromatic rings. The molecule has 0 aliphatic rings. The molecule has 0 aromatic heterocycles. The second-order valence-electron chi connectivity index (χ2n) is 4.15. The molecule has 0 fully saturated rings. The van der Waals surface area contributed by atoms with Gasteiger partial charge in [0.1, 0.15) is 5.60 Å². The fourth-order valence-electron chi connectivity index (χ4n) is 1.31. The van der Waals surface area contributed by atoms with Gasteiger partial charge in [0.15, 0.2) is 0 Å². The van der Waals surface area contributed by atoms with Crippen molar-refractivity contribution < 1.29 is 9.84 Å². The zero-order valence-electron chi connectivity index (χ0n) is 9.24. The highest BCUT2D eigenvalue weighted by Gasteiger charge is 2.40. The lowest BCUT2D eigenvalue weighted by atomic mass is 9.81. The van der Waals surface area contributed by atoms with Crippen LogP contribution in [0.4, 0.5) is 0 Å². The standard InChI is InChI=1S/C12H18O2/c1-11(2,14-4)12(3,13)10-8-6-5-7-9-10/h5-9,13H,1-4H3. The molecule has 0 aliphatic carbocycles. The maximum absolute atomic E-state index is 10.4. The van der Waals surface area contributed by atoms with Crippen molar-refractivity contribution in [2.75, 3.05) is 7.11 Å². The molecular weight excluding hydrogens is 176 g/mol. The zero-order valence-corrected chi connectivity index (χ0v) is 9.24. The third-order valence-corrected chi connectivity index (χ3v) is 3.02. The molecule has 0 aliphatic heterocycles. The molecule has 0 saturated carbocycles. The minimum Gasteiger partial charge on any atom is -0.382 e. The molecule has 1 unspecified atom stereocenters. The van der Waals surface area contributed by atoms with Crippen LogP contribution in [0.2, 0.25) is 0 Å². The summed E-state index contributed by atoms with van der Waals surface area (Å²) in [6, 6.07) is 9.56. The van der Waals surface area contributed by atoms with Crippen molar-refractivity contribution in [1.29, 1.82) is 0 Å². The average Bonchev–Trinajstić information content (AvgIpc) is 2.19. The molecule has 0 heterocycles. The first-order valence-electron chi connectivity index (χ1n) is 4.75. The van der Waals surface area contributed by atoms with Crippen LogP contribution in [0.1, 0.15) is 26.3 Å². The van der Waals surface area contributed by atoms with Gasteiger partial charge in [-0.1, -0.05) is 30.3 Å². The van der Waals surface area contributed by atoms with E-state index in [0.29, 0.717) is 0 Å². The van der Waals surface area contributed by atoms with Crippen molar-refractivity contribution in [2.45, 2.75) is 32.0 Å². The van der Waals surface area contributed by atoms with Crippen LogP contribution in [0.5, 0.6) is 0 Å². The third-order valence-electron chi connectivity index (χ3n) is 3.02. The van der Waals surface area contributed by atoms with Crippen LogP contribution in [0.25, 0.3) is 0 Å². The smallest absolute Gasteiger partial charge is 0.115 e. The first-order valence-corrected chi connectivity index (χ1v) is 4.75. The van der Waals surface area contributed by atoms with E-state index in [1.807, 2.05) is 44.2 Å². The maximum atomic E-state index is 10.4. The van der Waals surface area contributed by atoms with Gasteiger partial charge in [-0.25, -0.2) is 0 Å². The molecule has 0 spiro atoms. The first-order chi connectivity index (χ1) is 6.42. The van der Waals surface area contributed by atoms with Gasteiger partial charge in [0.05, 0.1) is 5.60 Å². The quantitative estimate of drug-likeness (QED) is 0.800. The Bertz CT molecular complexity index is 288. The number of hydrogen-bond donors (Lipinski definition) is 1. The summed E-state index contributed by atoms with van der Waals surface area (Å²) in [7, 11) is 1.61. The molecule has 2 nitrogen and oxygen atoms in total. The van der Waals surface area contributed by atoms with Gasteiger partial charge in [0, 0.05) is 7.11 Å². The van der Waals surface area contributed by atoms with Gasteiger partial charge >= 0.3 is 0 Å². The lowest BCUT2D eigenvalue weighted by Gasteiger charge is -2.39. The topological polar surface area (TPSA) is 29.5 Å². The lowest BCUT2D eigenvalue weighted by molar-refractivity contribution is -0.145. The number of ether oxygens (including phenoxy) is 1. The van der Waals surface area contributed by atoms with E-state index in [0.717, 1.165) is 5.56 Å². The fourth-order valence-corrected chi connectivity index (χ4v) is 1.31. The number of methoxy groups -OCH3 is 1. The molecule has 78 valence electrons. The summed E-state index contributed by atoms with van der Waals surface area (Å²) in [5.41, 5.74) is -0.718. The van der Waals surface area contributed by atoms with Crippen molar-refractivity contribution in [3.63, 3.8) is 0 Å². The van der Waals surface area contributed by atoms with Gasteiger partial charge in [-0.15, -0.1) is 0 Å². The van der Waals surface area contributed by atoms with E-state index < -0.39 is 11.2 Å². The van der Waals surface area contributed by atoms with Crippen LogP contribution in [-0.4, -0.2) is 17.8 Å². The van der Waals surface area contributed by atoms with E-state index >= 15 is 0 Å². The highest BCUT2D eigenvalue weighted by atomic mass is 16.5. The Hall–Kier alpha value is -0.860. The largest absolute Gasteiger partial charge is 0.382 e. The van der Waals surface area contributed by atoms with Crippen LogP contribution < -0.4 is 0 Å². The Morgan fingerprint density at radius 1 is 1.07 bits per heavy atom. The van der Waals surface area contributed by atoms with E-state index in [1.54, 1.807) is 14.0 Å². The highest BCUT2D eigenvalue weighted by Crippen LogP contribution is 2.34. The van der Waals surface area contributed by atoms with Crippen LogP contribution in [-0.2, 0) is 10.3 Å². The van der Waals surface area contributed by atoms with Crippen molar-refractivity contribution in [2.24, 2.45) is 0 Å².